The molecule has 1 aromatic heterocycles. The number of carboxylic acids is 1. The highest BCUT2D eigenvalue weighted by atomic mass is 16.4. The maximum atomic E-state index is 10.7. The van der Waals surface area contributed by atoms with Crippen LogP contribution in [0.3, 0.4) is 0 Å². The van der Waals surface area contributed by atoms with Gasteiger partial charge in [0.05, 0.1) is 12.1 Å². The van der Waals surface area contributed by atoms with Crippen LogP contribution in [0.5, 0.6) is 0 Å². The van der Waals surface area contributed by atoms with Crippen LogP contribution in [0.2, 0.25) is 0 Å². The van der Waals surface area contributed by atoms with Gasteiger partial charge in [0.15, 0.2) is 5.82 Å². The molecule has 0 aliphatic heterocycles. The SMILES string of the molecule is CC(C)c1nnnn1-c1cccc(CC(=O)O)c1. The fourth-order valence-electron chi connectivity index (χ4n) is 1.71. The molecule has 0 fully saturated rings. The summed E-state index contributed by atoms with van der Waals surface area (Å²) in [7, 11) is 0. The molecule has 0 aliphatic carbocycles. The summed E-state index contributed by atoms with van der Waals surface area (Å²) in [4.78, 5) is 10.7. The Kier molecular flexibility index (Phi) is 3.36. The molecule has 6 heteroatoms. The van der Waals surface area contributed by atoms with Gasteiger partial charge in [-0.15, -0.1) is 5.10 Å². The second kappa shape index (κ2) is 4.95. The van der Waals surface area contributed by atoms with Crippen LogP contribution in [0.1, 0.15) is 31.2 Å². The predicted octanol–water partition coefficient (Wildman–Crippen LogP) is 1.41. The highest BCUT2D eigenvalue weighted by molar-refractivity contribution is 5.70. The molecule has 0 atom stereocenters. The zero-order valence-electron chi connectivity index (χ0n) is 10.2. The maximum absolute atomic E-state index is 10.7. The number of benzene rings is 1. The molecule has 0 saturated heterocycles. The molecule has 6 nitrogen and oxygen atoms in total. The van der Waals surface area contributed by atoms with E-state index in [-0.39, 0.29) is 12.3 Å². The molecule has 0 radical (unpaired) electrons. The van der Waals surface area contributed by atoms with E-state index in [0.717, 1.165) is 17.1 Å². The van der Waals surface area contributed by atoms with E-state index < -0.39 is 5.97 Å². The lowest BCUT2D eigenvalue weighted by atomic mass is 10.1. The van der Waals surface area contributed by atoms with Gasteiger partial charge in [0.25, 0.3) is 0 Å². The molecule has 2 rings (SSSR count). The van der Waals surface area contributed by atoms with Crippen molar-refractivity contribution in [2.75, 3.05) is 0 Å². The van der Waals surface area contributed by atoms with E-state index in [2.05, 4.69) is 15.5 Å². The number of hydrogen-bond acceptors (Lipinski definition) is 4. The molecule has 0 amide bonds. The van der Waals surface area contributed by atoms with Gasteiger partial charge in [-0.05, 0) is 28.1 Å². The van der Waals surface area contributed by atoms with Gasteiger partial charge in [-0.1, -0.05) is 26.0 Å². The first kappa shape index (κ1) is 12.2. The summed E-state index contributed by atoms with van der Waals surface area (Å²) in [6.07, 6.45) is -0.00697. The van der Waals surface area contributed by atoms with E-state index in [0.29, 0.717) is 0 Å². The summed E-state index contributed by atoms with van der Waals surface area (Å²) >= 11 is 0. The van der Waals surface area contributed by atoms with Crippen molar-refractivity contribution >= 4 is 5.97 Å². The summed E-state index contributed by atoms with van der Waals surface area (Å²) in [6, 6.07) is 7.22. The van der Waals surface area contributed by atoms with Crippen LogP contribution in [0, 0.1) is 0 Å². The molecule has 0 unspecified atom stereocenters. The molecule has 0 bridgehead atoms. The summed E-state index contributed by atoms with van der Waals surface area (Å²) in [5, 5.41) is 20.3. The first-order valence-corrected chi connectivity index (χ1v) is 5.67. The standard InChI is InChI=1S/C12H14N4O2/c1-8(2)12-13-14-15-16(12)10-5-3-4-9(6-10)7-11(17)18/h3-6,8H,7H2,1-2H3,(H,17,18). The topological polar surface area (TPSA) is 80.9 Å². The molecule has 1 N–H and O–H groups in total. The zero-order chi connectivity index (χ0) is 13.1. The van der Waals surface area contributed by atoms with Crippen LogP contribution in [0.4, 0.5) is 0 Å². The van der Waals surface area contributed by atoms with Crippen LogP contribution in [-0.4, -0.2) is 31.3 Å². The van der Waals surface area contributed by atoms with E-state index in [4.69, 9.17) is 5.11 Å². The van der Waals surface area contributed by atoms with E-state index in [1.807, 2.05) is 19.9 Å². The first-order chi connectivity index (χ1) is 8.58. The van der Waals surface area contributed by atoms with Crippen LogP contribution in [0.15, 0.2) is 24.3 Å². The Labute approximate surface area is 104 Å². The number of tetrazole rings is 1. The number of aliphatic carboxylic acids is 1. The van der Waals surface area contributed by atoms with Gasteiger partial charge in [0, 0.05) is 5.92 Å². The smallest absolute Gasteiger partial charge is 0.307 e. The quantitative estimate of drug-likeness (QED) is 0.882. The van der Waals surface area contributed by atoms with Crippen molar-refractivity contribution in [3.05, 3.63) is 35.7 Å². The Balaban J connectivity index is 2.38. The molecular formula is C12H14N4O2. The second-order valence-corrected chi connectivity index (χ2v) is 4.34. The van der Waals surface area contributed by atoms with E-state index in [1.165, 1.54) is 0 Å². The Morgan fingerprint density at radius 2 is 2.22 bits per heavy atom. The third kappa shape index (κ3) is 2.53. The Bertz CT molecular complexity index is 563. The minimum atomic E-state index is -0.854. The predicted molar refractivity (Wildman–Crippen MR) is 64.6 cm³/mol. The van der Waals surface area contributed by atoms with Crippen LogP contribution in [-0.2, 0) is 11.2 Å². The molecule has 1 aromatic carbocycles. The zero-order valence-corrected chi connectivity index (χ0v) is 10.2. The average Bonchev–Trinajstić information content (AvgIpc) is 2.77. The molecule has 0 aliphatic rings. The molecule has 0 saturated carbocycles. The Hall–Kier alpha value is -2.24. The summed E-state index contributed by atoms with van der Waals surface area (Å²) < 4.78 is 1.63. The van der Waals surface area contributed by atoms with Gasteiger partial charge >= 0.3 is 5.97 Å². The number of hydrogen-bond donors (Lipinski definition) is 1. The largest absolute Gasteiger partial charge is 0.481 e. The third-order valence-electron chi connectivity index (χ3n) is 2.52. The molecule has 0 spiro atoms. The number of carboxylic acid groups (broad SMARTS) is 1. The Morgan fingerprint density at radius 3 is 2.89 bits per heavy atom. The lowest BCUT2D eigenvalue weighted by Crippen LogP contribution is -2.06. The molecule has 94 valence electrons. The van der Waals surface area contributed by atoms with Crippen LogP contribution >= 0.6 is 0 Å². The van der Waals surface area contributed by atoms with Gasteiger partial charge < -0.3 is 5.11 Å². The summed E-state index contributed by atoms with van der Waals surface area (Å²) in [6.45, 7) is 4.01. The van der Waals surface area contributed by atoms with Gasteiger partial charge in [0.1, 0.15) is 0 Å². The first-order valence-electron chi connectivity index (χ1n) is 5.67. The van der Waals surface area contributed by atoms with Crippen molar-refractivity contribution < 1.29 is 9.90 Å². The highest BCUT2D eigenvalue weighted by Crippen LogP contribution is 2.16. The third-order valence-corrected chi connectivity index (χ3v) is 2.52. The van der Waals surface area contributed by atoms with E-state index in [1.54, 1.807) is 22.9 Å². The second-order valence-electron chi connectivity index (χ2n) is 4.34. The Morgan fingerprint density at radius 1 is 1.44 bits per heavy atom. The van der Waals surface area contributed by atoms with Crippen molar-refractivity contribution in [2.45, 2.75) is 26.2 Å². The van der Waals surface area contributed by atoms with E-state index >= 15 is 0 Å². The number of aromatic nitrogens is 4. The molecule has 2 aromatic rings. The van der Waals surface area contributed by atoms with Gasteiger partial charge in [0.2, 0.25) is 0 Å². The normalized spacial score (nSPS) is 10.8. The maximum Gasteiger partial charge on any atom is 0.307 e. The van der Waals surface area contributed by atoms with Crippen molar-refractivity contribution in [3.63, 3.8) is 0 Å². The minimum Gasteiger partial charge on any atom is -0.481 e. The van der Waals surface area contributed by atoms with Crippen molar-refractivity contribution in [2.24, 2.45) is 0 Å². The monoisotopic (exact) mass is 246 g/mol. The highest BCUT2D eigenvalue weighted by Gasteiger charge is 2.12. The molecular weight excluding hydrogens is 232 g/mol. The number of nitrogens with zero attached hydrogens (tertiary/aromatic N) is 4. The van der Waals surface area contributed by atoms with Gasteiger partial charge in [-0.25, -0.2) is 0 Å². The number of rotatable bonds is 4. The van der Waals surface area contributed by atoms with Gasteiger partial charge in [-0.3, -0.25) is 4.79 Å². The van der Waals surface area contributed by atoms with Crippen molar-refractivity contribution in [1.82, 2.24) is 20.2 Å². The van der Waals surface area contributed by atoms with E-state index in [9.17, 15) is 4.79 Å². The van der Waals surface area contributed by atoms with Crippen LogP contribution < -0.4 is 0 Å². The van der Waals surface area contributed by atoms with Crippen molar-refractivity contribution in [3.8, 4) is 5.69 Å². The molecule has 18 heavy (non-hydrogen) atoms. The van der Waals surface area contributed by atoms with Gasteiger partial charge in [-0.2, -0.15) is 4.68 Å². The van der Waals surface area contributed by atoms with Crippen LogP contribution in [0.25, 0.3) is 5.69 Å². The lowest BCUT2D eigenvalue weighted by molar-refractivity contribution is -0.136. The average molecular weight is 246 g/mol. The fourth-order valence-corrected chi connectivity index (χ4v) is 1.71. The molecule has 1 heterocycles. The summed E-state index contributed by atoms with van der Waals surface area (Å²) in [5.74, 6) is 0.0959. The van der Waals surface area contributed by atoms with Crippen molar-refractivity contribution in [1.29, 1.82) is 0 Å². The minimum absolute atomic E-state index is 0.00697. The lowest BCUT2D eigenvalue weighted by Gasteiger charge is -2.07. The summed E-state index contributed by atoms with van der Waals surface area (Å²) in [5.41, 5.74) is 1.51. The fraction of sp³-hybridized carbons (Fsp3) is 0.333. The number of carbonyl (C=O) groups is 1.